The second-order valence-corrected chi connectivity index (χ2v) is 4.19. The van der Waals surface area contributed by atoms with Crippen LogP contribution in [0, 0.1) is 0 Å². The molecule has 0 atom stereocenters. The number of halogens is 1. The zero-order valence-electron chi connectivity index (χ0n) is 7.50. The van der Waals surface area contributed by atoms with Gasteiger partial charge < -0.3 is 4.74 Å². The van der Waals surface area contributed by atoms with Gasteiger partial charge in [0.05, 0.1) is 0 Å². The van der Waals surface area contributed by atoms with E-state index in [2.05, 4.69) is 0 Å². The Hall–Kier alpha value is -0.690. The summed E-state index contributed by atoms with van der Waals surface area (Å²) < 4.78 is 5.73. The molecule has 13 heavy (non-hydrogen) atoms. The van der Waals surface area contributed by atoms with Crippen LogP contribution in [0.4, 0.5) is 0 Å². The molecule has 0 bridgehead atoms. The maximum absolute atomic E-state index is 6.28. The van der Waals surface area contributed by atoms with Gasteiger partial charge in [-0.05, 0) is 25.0 Å². The molecule has 1 aromatic carbocycles. The predicted octanol–water partition coefficient (Wildman–Crippen LogP) is 3.57. The Morgan fingerprint density at radius 2 is 1.69 bits per heavy atom. The van der Waals surface area contributed by atoms with Gasteiger partial charge >= 0.3 is 0 Å². The van der Waals surface area contributed by atoms with Crippen LogP contribution < -0.4 is 4.74 Å². The van der Waals surface area contributed by atoms with E-state index in [0.29, 0.717) is 0 Å². The number of benzene rings is 1. The number of hydrogen-bond acceptors (Lipinski definition) is 1. The van der Waals surface area contributed by atoms with E-state index >= 15 is 0 Å². The Labute approximate surface area is 83.7 Å². The van der Waals surface area contributed by atoms with Gasteiger partial charge in [-0.2, -0.15) is 0 Å². The molecule has 0 unspecified atom stereocenters. The van der Waals surface area contributed by atoms with E-state index in [1.54, 1.807) is 0 Å². The molecule has 0 heterocycles. The number of hydrogen-bond donors (Lipinski definition) is 0. The largest absolute Gasteiger partial charge is 0.472 e. The second kappa shape index (κ2) is 3.59. The summed E-state index contributed by atoms with van der Waals surface area (Å²) >= 11 is 6.28. The van der Waals surface area contributed by atoms with Gasteiger partial charge in [0.2, 0.25) is 0 Å². The third kappa shape index (κ3) is 2.16. The summed E-state index contributed by atoms with van der Waals surface area (Å²) in [6.45, 7) is 0. The maximum Gasteiger partial charge on any atom is 0.182 e. The molecule has 0 spiro atoms. The van der Waals surface area contributed by atoms with Crippen molar-refractivity contribution in [3.05, 3.63) is 30.3 Å². The van der Waals surface area contributed by atoms with Crippen LogP contribution in [0.15, 0.2) is 30.3 Å². The summed E-state index contributed by atoms with van der Waals surface area (Å²) in [7, 11) is 0. The highest BCUT2D eigenvalue weighted by molar-refractivity contribution is 6.23. The quantitative estimate of drug-likeness (QED) is 0.657. The monoisotopic (exact) mass is 196 g/mol. The normalized spacial score (nSPS) is 20.1. The molecular formula is C11H13ClO. The first kappa shape index (κ1) is 8.89. The van der Waals surface area contributed by atoms with Gasteiger partial charge in [-0.15, -0.1) is 0 Å². The molecule has 0 aromatic heterocycles. The van der Waals surface area contributed by atoms with E-state index in [1.807, 2.05) is 30.3 Å². The standard InChI is InChI=1S/C11H13ClO/c12-11(8-4-5-9-11)13-10-6-2-1-3-7-10/h1-3,6-7H,4-5,8-9H2. The number of rotatable bonds is 2. The number of ether oxygens (including phenoxy) is 1. The molecule has 2 heteroatoms. The summed E-state index contributed by atoms with van der Waals surface area (Å²) in [5, 5.41) is -0.429. The lowest BCUT2D eigenvalue weighted by Gasteiger charge is -2.22. The molecule has 0 aliphatic heterocycles. The topological polar surface area (TPSA) is 9.23 Å². The summed E-state index contributed by atoms with van der Waals surface area (Å²) in [5.41, 5.74) is 0. The molecule has 1 aliphatic carbocycles. The van der Waals surface area contributed by atoms with Gasteiger partial charge in [0.25, 0.3) is 0 Å². The van der Waals surface area contributed by atoms with Crippen molar-refractivity contribution in [3.8, 4) is 5.75 Å². The molecule has 1 aromatic rings. The Bertz CT molecular complexity index is 265. The molecule has 1 nitrogen and oxygen atoms in total. The molecule has 0 amide bonds. The van der Waals surface area contributed by atoms with Crippen LogP contribution in [0.3, 0.4) is 0 Å². The Balaban J connectivity index is 2.05. The van der Waals surface area contributed by atoms with Gasteiger partial charge in [-0.3, -0.25) is 0 Å². The van der Waals surface area contributed by atoms with E-state index in [9.17, 15) is 0 Å². The van der Waals surface area contributed by atoms with E-state index in [0.717, 1.165) is 18.6 Å². The zero-order chi connectivity index (χ0) is 9.15. The second-order valence-electron chi connectivity index (χ2n) is 3.51. The van der Waals surface area contributed by atoms with Crippen LogP contribution in [0.1, 0.15) is 25.7 Å². The summed E-state index contributed by atoms with van der Waals surface area (Å²) in [5.74, 6) is 0.874. The van der Waals surface area contributed by atoms with Crippen molar-refractivity contribution in [1.29, 1.82) is 0 Å². The third-order valence-corrected chi connectivity index (χ3v) is 2.85. The Morgan fingerprint density at radius 1 is 1.08 bits per heavy atom. The van der Waals surface area contributed by atoms with Crippen molar-refractivity contribution in [1.82, 2.24) is 0 Å². The highest BCUT2D eigenvalue weighted by atomic mass is 35.5. The van der Waals surface area contributed by atoms with Gasteiger partial charge in [-0.25, -0.2) is 0 Å². The van der Waals surface area contributed by atoms with Crippen molar-refractivity contribution in [2.75, 3.05) is 0 Å². The van der Waals surface area contributed by atoms with Crippen molar-refractivity contribution in [2.24, 2.45) is 0 Å². The minimum atomic E-state index is -0.429. The van der Waals surface area contributed by atoms with Crippen LogP contribution in [0.25, 0.3) is 0 Å². The highest BCUT2D eigenvalue weighted by Crippen LogP contribution is 2.37. The Kier molecular flexibility index (Phi) is 2.45. The smallest absolute Gasteiger partial charge is 0.182 e. The van der Waals surface area contributed by atoms with Crippen LogP contribution in [0.2, 0.25) is 0 Å². The van der Waals surface area contributed by atoms with Crippen LogP contribution >= 0.6 is 11.6 Å². The fourth-order valence-electron chi connectivity index (χ4n) is 1.70. The van der Waals surface area contributed by atoms with E-state index in [-0.39, 0.29) is 0 Å². The molecule has 1 saturated carbocycles. The molecule has 0 radical (unpaired) electrons. The van der Waals surface area contributed by atoms with E-state index in [1.165, 1.54) is 12.8 Å². The lowest BCUT2D eigenvalue weighted by atomic mass is 10.3. The van der Waals surface area contributed by atoms with Crippen molar-refractivity contribution < 1.29 is 4.74 Å². The molecular weight excluding hydrogens is 184 g/mol. The minimum Gasteiger partial charge on any atom is -0.472 e. The van der Waals surface area contributed by atoms with Crippen LogP contribution in [0.5, 0.6) is 5.75 Å². The van der Waals surface area contributed by atoms with Crippen LogP contribution in [-0.4, -0.2) is 5.06 Å². The van der Waals surface area contributed by atoms with Crippen LogP contribution in [-0.2, 0) is 0 Å². The SMILES string of the molecule is ClC1(Oc2ccccc2)CCCC1. The van der Waals surface area contributed by atoms with E-state index < -0.39 is 5.06 Å². The van der Waals surface area contributed by atoms with Crippen molar-refractivity contribution in [3.63, 3.8) is 0 Å². The molecule has 1 aliphatic rings. The third-order valence-electron chi connectivity index (χ3n) is 2.39. The molecule has 0 N–H and O–H groups in total. The van der Waals surface area contributed by atoms with Gasteiger partial charge in [0, 0.05) is 12.8 Å². The molecule has 70 valence electrons. The fourth-order valence-corrected chi connectivity index (χ4v) is 2.06. The minimum absolute atomic E-state index is 0.429. The van der Waals surface area contributed by atoms with Gasteiger partial charge in [-0.1, -0.05) is 29.8 Å². The summed E-state index contributed by atoms with van der Waals surface area (Å²) in [4.78, 5) is 0. The zero-order valence-corrected chi connectivity index (χ0v) is 8.26. The first-order chi connectivity index (χ1) is 6.29. The molecule has 0 saturated heterocycles. The van der Waals surface area contributed by atoms with Gasteiger partial charge in [0.15, 0.2) is 5.06 Å². The first-order valence-corrected chi connectivity index (χ1v) is 5.09. The molecule has 2 rings (SSSR count). The summed E-state index contributed by atoms with van der Waals surface area (Å²) in [6, 6.07) is 9.79. The average molecular weight is 197 g/mol. The lowest BCUT2D eigenvalue weighted by Crippen LogP contribution is -2.24. The van der Waals surface area contributed by atoms with Crippen molar-refractivity contribution in [2.45, 2.75) is 30.7 Å². The maximum atomic E-state index is 6.28. The van der Waals surface area contributed by atoms with Crippen molar-refractivity contribution >= 4 is 11.6 Å². The van der Waals surface area contributed by atoms with Gasteiger partial charge in [0.1, 0.15) is 5.75 Å². The average Bonchev–Trinajstić information content (AvgIpc) is 2.54. The molecule has 1 fully saturated rings. The lowest BCUT2D eigenvalue weighted by molar-refractivity contribution is 0.165. The number of alkyl halides is 1. The number of para-hydroxylation sites is 1. The first-order valence-electron chi connectivity index (χ1n) is 4.72. The highest BCUT2D eigenvalue weighted by Gasteiger charge is 2.33. The summed E-state index contributed by atoms with van der Waals surface area (Å²) in [6.07, 6.45) is 4.28. The Morgan fingerprint density at radius 3 is 2.31 bits per heavy atom. The van der Waals surface area contributed by atoms with E-state index in [4.69, 9.17) is 16.3 Å². The predicted molar refractivity (Wildman–Crippen MR) is 54.1 cm³/mol. The fraction of sp³-hybridized carbons (Fsp3) is 0.455.